The highest BCUT2D eigenvalue weighted by Gasteiger charge is 2.31. The normalized spacial score (nSPS) is 22.7. The van der Waals surface area contributed by atoms with Gasteiger partial charge in [-0.3, -0.25) is 0 Å². The highest BCUT2D eigenvalue weighted by Crippen LogP contribution is 2.33. The SMILES string of the molecule is CN1CCCC(c2c[c]cc(C(F)(F)F)c2)C1. The van der Waals surface area contributed by atoms with Crippen molar-refractivity contribution < 1.29 is 13.2 Å². The lowest BCUT2D eigenvalue weighted by Gasteiger charge is -2.30. The second-order valence-electron chi connectivity index (χ2n) is 4.65. The average Bonchev–Trinajstić information content (AvgIpc) is 2.28. The average molecular weight is 242 g/mol. The summed E-state index contributed by atoms with van der Waals surface area (Å²) >= 11 is 0. The number of hydrogen-bond acceptors (Lipinski definition) is 1. The predicted molar refractivity (Wildman–Crippen MR) is 59.8 cm³/mol. The first-order valence-electron chi connectivity index (χ1n) is 5.73. The van der Waals surface area contributed by atoms with E-state index < -0.39 is 11.7 Å². The van der Waals surface area contributed by atoms with E-state index in [9.17, 15) is 13.2 Å². The van der Waals surface area contributed by atoms with Crippen LogP contribution in [-0.4, -0.2) is 25.0 Å². The predicted octanol–water partition coefficient (Wildman–Crippen LogP) is 3.31. The van der Waals surface area contributed by atoms with Crippen LogP contribution in [0.25, 0.3) is 0 Å². The Balaban J connectivity index is 2.21. The Bertz CT molecular complexity index is 386. The minimum atomic E-state index is -4.27. The molecule has 0 bridgehead atoms. The number of benzene rings is 1. The van der Waals surface area contributed by atoms with Crippen molar-refractivity contribution in [3.63, 3.8) is 0 Å². The van der Waals surface area contributed by atoms with E-state index in [-0.39, 0.29) is 5.92 Å². The van der Waals surface area contributed by atoms with Crippen molar-refractivity contribution in [3.8, 4) is 0 Å². The minimum Gasteiger partial charge on any atom is -0.306 e. The summed E-state index contributed by atoms with van der Waals surface area (Å²) < 4.78 is 37.7. The van der Waals surface area contributed by atoms with Gasteiger partial charge in [0, 0.05) is 6.54 Å². The fraction of sp³-hybridized carbons (Fsp3) is 0.538. The van der Waals surface area contributed by atoms with E-state index in [1.807, 2.05) is 7.05 Å². The summed E-state index contributed by atoms with van der Waals surface area (Å²) in [6.45, 7) is 1.86. The van der Waals surface area contributed by atoms with Crippen molar-refractivity contribution >= 4 is 0 Å². The van der Waals surface area contributed by atoms with Crippen LogP contribution in [0.15, 0.2) is 18.2 Å². The molecular formula is C13H15F3N. The van der Waals surface area contributed by atoms with Gasteiger partial charge in [-0.15, -0.1) is 0 Å². The zero-order valence-corrected chi connectivity index (χ0v) is 9.72. The highest BCUT2D eigenvalue weighted by atomic mass is 19.4. The van der Waals surface area contributed by atoms with Crippen LogP contribution in [0.1, 0.15) is 29.9 Å². The lowest BCUT2D eigenvalue weighted by atomic mass is 9.90. The quantitative estimate of drug-likeness (QED) is 0.730. The fourth-order valence-corrected chi connectivity index (χ4v) is 2.33. The van der Waals surface area contributed by atoms with E-state index in [0.29, 0.717) is 0 Å². The van der Waals surface area contributed by atoms with Crippen molar-refractivity contribution in [2.45, 2.75) is 24.9 Å². The zero-order chi connectivity index (χ0) is 12.5. The van der Waals surface area contributed by atoms with Crippen molar-refractivity contribution in [1.82, 2.24) is 4.90 Å². The first-order chi connectivity index (χ1) is 7.97. The minimum absolute atomic E-state index is 0.201. The molecule has 1 nitrogen and oxygen atoms in total. The molecule has 93 valence electrons. The molecule has 17 heavy (non-hydrogen) atoms. The Morgan fingerprint density at radius 3 is 2.76 bits per heavy atom. The number of halogens is 3. The van der Waals surface area contributed by atoms with Gasteiger partial charge in [0.2, 0.25) is 0 Å². The third-order valence-electron chi connectivity index (χ3n) is 3.23. The van der Waals surface area contributed by atoms with Gasteiger partial charge in [0.1, 0.15) is 0 Å². The number of rotatable bonds is 1. The molecule has 1 radical (unpaired) electrons. The number of likely N-dealkylation sites (tertiary alicyclic amines) is 1. The maximum atomic E-state index is 12.6. The number of alkyl halides is 3. The standard InChI is InChI=1S/C13H15F3N/c1-17-7-3-5-11(9-17)10-4-2-6-12(8-10)13(14,15)16/h4,6,8,11H,3,5,7,9H2,1H3. The number of nitrogens with zero attached hydrogens (tertiary/aromatic N) is 1. The summed E-state index contributed by atoms with van der Waals surface area (Å²) in [7, 11) is 2.00. The Morgan fingerprint density at radius 2 is 2.12 bits per heavy atom. The van der Waals surface area contributed by atoms with Crippen LogP contribution in [0.5, 0.6) is 0 Å². The van der Waals surface area contributed by atoms with Crippen LogP contribution >= 0.6 is 0 Å². The Labute approximate surface area is 99.2 Å². The molecule has 1 aromatic rings. The largest absolute Gasteiger partial charge is 0.416 e. The van der Waals surface area contributed by atoms with Gasteiger partial charge < -0.3 is 4.90 Å². The van der Waals surface area contributed by atoms with Crippen LogP contribution in [0.3, 0.4) is 0 Å². The zero-order valence-electron chi connectivity index (χ0n) is 9.72. The summed E-state index contributed by atoms with van der Waals surface area (Å²) in [5.41, 5.74) is 0.162. The Morgan fingerprint density at radius 1 is 1.35 bits per heavy atom. The lowest BCUT2D eigenvalue weighted by Crippen LogP contribution is -2.30. The molecule has 1 heterocycles. The molecule has 1 unspecified atom stereocenters. The second kappa shape index (κ2) is 4.69. The maximum absolute atomic E-state index is 12.6. The summed E-state index contributed by atoms with van der Waals surface area (Å²) in [6.07, 6.45) is -2.27. The molecule has 0 aromatic heterocycles. The van der Waals surface area contributed by atoms with Crippen molar-refractivity contribution in [2.24, 2.45) is 0 Å². The molecule has 4 heteroatoms. The molecule has 0 amide bonds. The van der Waals surface area contributed by atoms with Gasteiger partial charge in [-0.25, -0.2) is 0 Å². The molecule has 1 aliphatic heterocycles. The highest BCUT2D eigenvalue weighted by molar-refractivity contribution is 5.28. The molecule has 0 spiro atoms. The van der Waals surface area contributed by atoms with Crippen molar-refractivity contribution in [1.29, 1.82) is 0 Å². The molecule has 1 atom stereocenters. The van der Waals surface area contributed by atoms with Gasteiger partial charge in [-0.1, -0.05) is 6.07 Å². The van der Waals surface area contributed by atoms with Crippen LogP contribution in [0, 0.1) is 6.07 Å². The van der Waals surface area contributed by atoms with E-state index in [2.05, 4.69) is 11.0 Å². The smallest absolute Gasteiger partial charge is 0.306 e. The second-order valence-corrected chi connectivity index (χ2v) is 4.65. The summed E-state index contributed by atoms with van der Waals surface area (Å²) in [5, 5.41) is 0. The first kappa shape index (κ1) is 12.4. The lowest BCUT2D eigenvalue weighted by molar-refractivity contribution is -0.137. The number of piperidine rings is 1. The third-order valence-corrected chi connectivity index (χ3v) is 3.23. The van der Waals surface area contributed by atoms with Gasteiger partial charge in [0.05, 0.1) is 5.56 Å². The number of likely N-dealkylation sites (N-methyl/N-ethyl adjacent to an activating group) is 1. The van der Waals surface area contributed by atoms with Crippen LogP contribution < -0.4 is 0 Å². The Kier molecular flexibility index (Phi) is 3.43. The van der Waals surface area contributed by atoms with E-state index in [0.717, 1.165) is 37.6 Å². The topological polar surface area (TPSA) is 3.24 Å². The monoisotopic (exact) mass is 242 g/mol. The fourth-order valence-electron chi connectivity index (χ4n) is 2.33. The first-order valence-corrected chi connectivity index (χ1v) is 5.73. The molecule has 1 saturated heterocycles. The van der Waals surface area contributed by atoms with Gasteiger partial charge in [0.25, 0.3) is 0 Å². The van der Waals surface area contributed by atoms with E-state index in [1.54, 1.807) is 6.07 Å². The van der Waals surface area contributed by atoms with E-state index in [1.165, 1.54) is 6.07 Å². The molecular weight excluding hydrogens is 227 g/mol. The molecule has 0 saturated carbocycles. The van der Waals surface area contributed by atoms with Gasteiger partial charge in [0.15, 0.2) is 0 Å². The van der Waals surface area contributed by atoms with Crippen molar-refractivity contribution in [2.75, 3.05) is 20.1 Å². The van der Waals surface area contributed by atoms with Gasteiger partial charge in [-0.05, 0) is 56.1 Å². The van der Waals surface area contributed by atoms with Gasteiger partial charge in [-0.2, -0.15) is 13.2 Å². The third kappa shape index (κ3) is 3.00. The van der Waals surface area contributed by atoms with E-state index in [4.69, 9.17) is 0 Å². The van der Waals surface area contributed by atoms with Crippen molar-refractivity contribution in [3.05, 3.63) is 35.4 Å². The molecule has 2 rings (SSSR count). The van der Waals surface area contributed by atoms with Crippen LogP contribution in [0.4, 0.5) is 13.2 Å². The summed E-state index contributed by atoms with van der Waals surface area (Å²) in [4.78, 5) is 2.16. The van der Waals surface area contributed by atoms with Crippen LogP contribution in [-0.2, 0) is 6.18 Å². The van der Waals surface area contributed by atoms with Gasteiger partial charge >= 0.3 is 6.18 Å². The van der Waals surface area contributed by atoms with Crippen LogP contribution in [0.2, 0.25) is 0 Å². The molecule has 0 aliphatic carbocycles. The molecule has 1 fully saturated rings. The Hall–Kier alpha value is -1.03. The molecule has 1 aromatic carbocycles. The molecule has 0 N–H and O–H groups in total. The number of hydrogen-bond donors (Lipinski definition) is 0. The molecule has 1 aliphatic rings. The van der Waals surface area contributed by atoms with E-state index >= 15 is 0 Å². The summed E-state index contributed by atoms with van der Waals surface area (Å²) in [5.74, 6) is 0.201. The summed E-state index contributed by atoms with van der Waals surface area (Å²) in [6, 6.07) is 6.56. The maximum Gasteiger partial charge on any atom is 0.416 e.